The quantitative estimate of drug-likeness (QED) is 0.597. The lowest BCUT2D eigenvalue weighted by Crippen LogP contribution is -2.31. The van der Waals surface area contributed by atoms with Crippen LogP contribution in [0.5, 0.6) is 0 Å². The van der Waals surface area contributed by atoms with E-state index in [-0.39, 0.29) is 0 Å². The number of benzene rings is 1. The van der Waals surface area contributed by atoms with E-state index >= 15 is 0 Å². The van der Waals surface area contributed by atoms with E-state index in [1.165, 1.54) is 5.56 Å². The molecule has 0 spiro atoms. The molecule has 5 nitrogen and oxygen atoms in total. The predicted octanol–water partition coefficient (Wildman–Crippen LogP) is 2.79. The first kappa shape index (κ1) is 18.4. The van der Waals surface area contributed by atoms with Gasteiger partial charge in [0, 0.05) is 6.54 Å². The molecule has 6 heteroatoms. The smallest absolute Gasteiger partial charge is 0.170 e. The number of hydrogen-bond acceptors (Lipinski definition) is 3. The minimum atomic E-state index is 0.652. The SMILES string of the molecule is Cc1nn(Cc2ccccc2)c(C)c1NC(=S)NCCCN(C)C. The fraction of sp³-hybridized carbons (Fsp3) is 0.444. The minimum Gasteiger partial charge on any atom is -0.362 e. The molecule has 0 amide bonds. The van der Waals surface area contributed by atoms with Gasteiger partial charge in [0.2, 0.25) is 0 Å². The second kappa shape index (κ2) is 8.80. The lowest BCUT2D eigenvalue weighted by molar-refractivity contribution is 0.400. The molecule has 0 atom stereocenters. The second-order valence-electron chi connectivity index (χ2n) is 6.23. The zero-order chi connectivity index (χ0) is 17.5. The Bertz CT molecular complexity index is 664. The third kappa shape index (κ3) is 5.32. The van der Waals surface area contributed by atoms with Crippen LogP contribution in [0.15, 0.2) is 30.3 Å². The summed E-state index contributed by atoms with van der Waals surface area (Å²) in [5.74, 6) is 0. The van der Waals surface area contributed by atoms with Gasteiger partial charge in [0.15, 0.2) is 5.11 Å². The number of thiocarbonyl (C=S) groups is 1. The molecule has 24 heavy (non-hydrogen) atoms. The van der Waals surface area contributed by atoms with Gasteiger partial charge in [-0.25, -0.2) is 0 Å². The van der Waals surface area contributed by atoms with Gasteiger partial charge in [-0.2, -0.15) is 5.10 Å². The Hall–Kier alpha value is -1.92. The highest BCUT2D eigenvalue weighted by atomic mass is 32.1. The van der Waals surface area contributed by atoms with E-state index in [0.717, 1.165) is 43.1 Å². The first-order valence-corrected chi connectivity index (χ1v) is 8.65. The lowest BCUT2D eigenvalue weighted by Gasteiger charge is -2.13. The van der Waals surface area contributed by atoms with Crippen molar-refractivity contribution in [3.05, 3.63) is 47.3 Å². The maximum absolute atomic E-state index is 5.40. The standard InChI is InChI=1S/C18H27N5S/c1-14-17(20-18(24)19-11-8-12-22(3)4)15(2)23(21-14)13-16-9-6-5-7-10-16/h5-7,9-10H,8,11-13H2,1-4H3,(H2,19,20,24). The third-order valence-corrected chi connectivity index (χ3v) is 4.11. The van der Waals surface area contributed by atoms with Crippen molar-refractivity contribution in [1.29, 1.82) is 0 Å². The molecule has 0 aliphatic heterocycles. The Morgan fingerprint density at radius 2 is 1.92 bits per heavy atom. The molecule has 0 saturated heterocycles. The molecule has 0 unspecified atom stereocenters. The minimum absolute atomic E-state index is 0.652. The van der Waals surface area contributed by atoms with Crippen LogP contribution in [0.1, 0.15) is 23.4 Å². The number of aryl methyl sites for hydroxylation is 1. The maximum atomic E-state index is 5.40. The zero-order valence-electron chi connectivity index (χ0n) is 15.0. The Morgan fingerprint density at radius 1 is 1.21 bits per heavy atom. The number of aromatic nitrogens is 2. The summed E-state index contributed by atoms with van der Waals surface area (Å²) < 4.78 is 2.02. The number of nitrogens with zero attached hydrogens (tertiary/aromatic N) is 3. The van der Waals surface area contributed by atoms with Crippen LogP contribution in [0.25, 0.3) is 0 Å². The fourth-order valence-corrected chi connectivity index (χ4v) is 2.75. The van der Waals surface area contributed by atoms with Crippen molar-refractivity contribution in [3.63, 3.8) is 0 Å². The summed E-state index contributed by atoms with van der Waals surface area (Å²) in [4.78, 5) is 2.17. The van der Waals surface area contributed by atoms with E-state index in [4.69, 9.17) is 12.2 Å². The van der Waals surface area contributed by atoms with E-state index in [9.17, 15) is 0 Å². The first-order valence-electron chi connectivity index (χ1n) is 8.25. The molecule has 0 saturated carbocycles. The van der Waals surface area contributed by atoms with Crippen molar-refractivity contribution < 1.29 is 0 Å². The van der Waals surface area contributed by atoms with E-state index in [0.29, 0.717) is 5.11 Å². The fourth-order valence-electron chi connectivity index (χ4n) is 2.54. The third-order valence-electron chi connectivity index (χ3n) is 3.86. The normalized spacial score (nSPS) is 10.9. The van der Waals surface area contributed by atoms with Crippen LogP contribution in [0, 0.1) is 13.8 Å². The summed E-state index contributed by atoms with van der Waals surface area (Å²) in [5.41, 5.74) is 4.28. The molecular formula is C18H27N5S. The molecule has 0 aliphatic rings. The average Bonchev–Trinajstić information content (AvgIpc) is 2.80. The van der Waals surface area contributed by atoms with Gasteiger partial charge in [0.1, 0.15) is 0 Å². The Labute approximate surface area is 150 Å². The van der Waals surface area contributed by atoms with Crippen LogP contribution in [0.2, 0.25) is 0 Å². The monoisotopic (exact) mass is 345 g/mol. The number of rotatable bonds is 7. The Kier molecular flexibility index (Phi) is 6.75. The van der Waals surface area contributed by atoms with Crippen molar-refractivity contribution in [2.45, 2.75) is 26.8 Å². The molecule has 1 aromatic carbocycles. The molecule has 0 aliphatic carbocycles. The van der Waals surface area contributed by atoms with Gasteiger partial charge in [0.25, 0.3) is 0 Å². The molecule has 130 valence electrons. The summed E-state index contributed by atoms with van der Waals surface area (Å²) in [6, 6.07) is 10.3. The van der Waals surface area contributed by atoms with Gasteiger partial charge >= 0.3 is 0 Å². The molecule has 2 aromatic rings. The lowest BCUT2D eigenvalue weighted by atomic mass is 10.2. The summed E-state index contributed by atoms with van der Waals surface area (Å²) in [7, 11) is 4.15. The zero-order valence-corrected chi connectivity index (χ0v) is 15.8. The van der Waals surface area contributed by atoms with Crippen molar-refractivity contribution >= 4 is 23.0 Å². The molecule has 0 fully saturated rings. The van der Waals surface area contributed by atoms with Crippen molar-refractivity contribution in [2.75, 3.05) is 32.5 Å². The molecule has 2 N–H and O–H groups in total. The molecule has 0 radical (unpaired) electrons. The number of anilines is 1. The van der Waals surface area contributed by atoms with Crippen LogP contribution < -0.4 is 10.6 Å². The van der Waals surface area contributed by atoms with E-state index in [1.54, 1.807) is 0 Å². The van der Waals surface area contributed by atoms with E-state index in [2.05, 4.69) is 53.8 Å². The Morgan fingerprint density at radius 3 is 2.58 bits per heavy atom. The van der Waals surface area contributed by atoms with Crippen LogP contribution in [0.3, 0.4) is 0 Å². The molecule has 2 rings (SSSR count). The van der Waals surface area contributed by atoms with Gasteiger partial charge in [0.05, 0.1) is 23.6 Å². The first-order chi connectivity index (χ1) is 11.5. The predicted molar refractivity (Wildman–Crippen MR) is 105 cm³/mol. The maximum Gasteiger partial charge on any atom is 0.170 e. The molecule has 1 aromatic heterocycles. The molecule has 0 bridgehead atoms. The second-order valence-corrected chi connectivity index (χ2v) is 6.64. The van der Waals surface area contributed by atoms with Gasteiger partial charge in [-0.05, 0) is 58.7 Å². The topological polar surface area (TPSA) is 45.1 Å². The van der Waals surface area contributed by atoms with Crippen molar-refractivity contribution in [2.24, 2.45) is 0 Å². The summed E-state index contributed by atoms with van der Waals surface area (Å²) in [6.07, 6.45) is 1.06. The summed E-state index contributed by atoms with van der Waals surface area (Å²) >= 11 is 5.40. The number of hydrogen-bond donors (Lipinski definition) is 2. The highest BCUT2D eigenvalue weighted by Gasteiger charge is 2.12. The van der Waals surface area contributed by atoms with Crippen LogP contribution >= 0.6 is 12.2 Å². The van der Waals surface area contributed by atoms with Gasteiger partial charge < -0.3 is 15.5 Å². The highest BCUT2D eigenvalue weighted by Crippen LogP contribution is 2.20. The van der Waals surface area contributed by atoms with Crippen molar-refractivity contribution in [3.8, 4) is 0 Å². The largest absolute Gasteiger partial charge is 0.362 e. The van der Waals surface area contributed by atoms with Crippen LogP contribution in [-0.2, 0) is 6.54 Å². The molecular weight excluding hydrogens is 318 g/mol. The summed E-state index contributed by atoms with van der Waals surface area (Å²) in [5, 5.41) is 11.8. The Balaban J connectivity index is 1.94. The van der Waals surface area contributed by atoms with Gasteiger partial charge in [-0.3, -0.25) is 4.68 Å². The summed E-state index contributed by atoms with van der Waals surface area (Å²) in [6.45, 7) is 6.74. The van der Waals surface area contributed by atoms with E-state index < -0.39 is 0 Å². The van der Waals surface area contributed by atoms with Gasteiger partial charge in [-0.15, -0.1) is 0 Å². The van der Waals surface area contributed by atoms with Crippen molar-refractivity contribution in [1.82, 2.24) is 20.0 Å². The number of nitrogens with one attached hydrogen (secondary N) is 2. The average molecular weight is 346 g/mol. The van der Waals surface area contributed by atoms with Crippen LogP contribution in [-0.4, -0.2) is 47.0 Å². The molecule has 1 heterocycles. The highest BCUT2D eigenvalue weighted by molar-refractivity contribution is 7.80. The van der Waals surface area contributed by atoms with Crippen LogP contribution in [0.4, 0.5) is 5.69 Å². The van der Waals surface area contributed by atoms with Gasteiger partial charge in [-0.1, -0.05) is 30.3 Å². The van der Waals surface area contributed by atoms with E-state index in [1.807, 2.05) is 29.8 Å².